The van der Waals surface area contributed by atoms with E-state index in [-0.39, 0.29) is 11.7 Å². The van der Waals surface area contributed by atoms with Crippen molar-refractivity contribution in [2.75, 3.05) is 5.73 Å². The highest BCUT2D eigenvalue weighted by Gasteiger charge is 2.15. The van der Waals surface area contributed by atoms with E-state index in [0.29, 0.717) is 29.2 Å². The zero-order chi connectivity index (χ0) is 15.8. The van der Waals surface area contributed by atoms with Crippen LogP contribution in [0.3, 0.4) is 0 Å². The molecule has 0 spiro atoms. The quantitative estimate of drug-likeness (QED) is 0.602. The smallest absolute Gasteiger partial charge is 0.222 e. The summed E-state index contributed by atoms with van der Waals surface area (Å²) in [5.74, 6) is 0.992. The van der Waals surface area contributed by atoms with E-state index < -0.39 is 0 Å². The van der Waals surface area contributed by atoms with Crippen LogP contribution in [-0.2, 0) is 6.54 Å². The van der Waals surface area contributed by atoms with Gasteiger partial charge in [0, 0.05) is 0 Å². The van der Waals surface area contributed by atoms with E-state index in [1.54, 1.807) is 36.9 Å². The molecule has 0 radical (unpaired) electrons. The van der Waals surface area contributed by atoms with Crippen LogP contribution in [0.2, 0.25) is 0 Å². The minimum absolute atomic E-state index is 0.163. The Kier molecular flexibility index (Phi) is 2.97. The fourth-order valence-corrected chi connectivity index (χ4v) is 2.46. The van der Waals surface area contributed by atoms with Crippen LogP contribution < -0.4 is 5.73 Å². The summed E-state index contributed by atoms with van der Waals surface area (Å²) in [7, 11) is 0. The molecule has 0 atom stereocenters. The summed E-state index contributed by atoms with van der Waals surface area (Å²) >= 11 is 0. The molecule has 4 aromatic rings. The highest BCUT2D eigenvalue weighted by atomic mass is 16.3. The lowest BCUT2D eigenvalue weighted by molar-refractivity contribution is 0.475. The predicted molar refractivity (Wildman–Crippen MR) is 84.6 cm³/mol. The largest absolute Gasteiger partial charge is 0.508 e. The van der Waals surface area contributed by atoms with Gasteiger partial charge in [-0.15, -0.1) is 0 Å². The third kappa shape index (κ3) is 2.38. The molecule has 3 N–H and O–H groups in total. The van der Waals surface area contributed by atoms with E-state index in [0.717, 1.165) is 5.56 Å². The Morgan fingerprint density at radius 1 is 1.13 bits per heavy atom. The highest BCUT2D eigenvalue weighted by molar-refractivity contribution is 5.86. The number of furan rings is 1. The second kappa shape index (κ2) is 5.13. The molecule has 1 aromatic carbocycles. The van der Waals surface area contributed by atoms with Gasteiger partial charge in [-0.05, 0) is 29.8 Å². The van der Waals surface area contributed by atoms with Crippen LogP contribution in [0.5, 0.6) is 5.75 Å². The number of hydrogen-bond acceptors (Lipinski definition) is 6. The molecule has 7 nitrogen and oxygen atoms in total. The lowest BCUT2D eigenvalue weighted by Gasteiger charge is -2.05. The molecule has 3 aromatic heterocycles. The Labute approximate surface area is 131 Å². The van der Waals surface area contributed by atoms with Crippen LogP contribution in [0.4, 0.5) is 5.95 Å². The number of aromatic hydroxyl groups is 1. The van der Waals surface area contributed by atoms with Gasteiger partial charge < -0.3 is 19.8 Å². The van der Waals surface area contributed by atoms with Crippen molar-refractivity contribution in [3.8, 4) is 17.2 Å². The first-order valence-corrected chi connectivity index (χ1v) is 7.01. The monoisotopic (exact) mass is 307 g/mol. The number of phenolic OH excluding ortho intramolecular Hbond substituents is 1. The summed E-state index contributed by atoms with van der Waals surface area (Å²) in [6.45, 7) is 0.560. The van der Waals surface area contributed by atoms with Crippen LogP contribution in [0.1, 0.15) is 5.56 Å². The van der Waals surface area contributed by atoms with Crippen molar-refractivity contribution < 1.29 is 9.52 Å². The minimum atomic E-state index is 0.163. The molecule has 0 aliphatic heterocycles. The van der Waals surface area contributed by atoms with Gasteiger partial charge >= 0.3 is 0 Å². The third-order valence-corrected chi connectivity index (χ3v) is 3.53. The summed E-state index contributed by atoms with van der Waals surface area (Å²) in [5.41, 5.74) is 8.69. The second-order valence-electron chi connectivity index (χ2n) is 5.12. The average Bonchev–Trinajstić information content (AvgIpc) is 3.19. The van der Waals surface area contributed by atoms with Gasteiger partial charge in [0.15, 0.2) is 11.4 Å². The minimum Gasteiger partial charge on any atom is -0.508 e. The molecule has 0 saturated carbocycles. The van der Waals surface area contributed by atoms with Gasteiger partial charge in [-0.25, -0.2) is 9.97 Å². The van der Waals surface area contributed by atoms with E-state index in [9.17, 15) is 5.11 Å². The van der Waals surface area contributed by atoms with E-state index in [1.807, 2.05) is 16.7 Å². The molecule has 0 unspecified atom stereocenters. The van der Waals surface area contributed by atoms with Crippen molar-refractivity contribution in [2.45, 2.75) is 6.54 Å². The third-order valence-electron chi connectivity index (χ3n) is 3.53. The predicted octanol–water partition coefficient (Wildman–Crippen LogP) is 2.42. The molecule has 0 fully saturated rings. The number of anilines is 1. The summed E-state index contributed by atoms with van der Waals surface area (Å²) in [6.07, 6.45) is 3.27. The highest BCUT2D eigenvalue weighted by Crippen LogP contribution is 2.26. The number of nitrogens with two attached hydrogens (primary N) is 1. The lowest BCUT2D eigenvalue weighted by Crippen LogP contribution is -2.03. The number of nitrogen functional groups attached to an aromatic ring is 1. The van der Waals surface area contributed by atoms with Crippen LogP contribution in [0, 0.1) is 0 Å². The Hall–Kier alpha value is -3.35. The number of rotatable bonds is 3. The van der Waals surface area contributed by atoms with Gasteiger partial charge in [-0.3, -0.25) is 0 Å². The Balaban J connectivity index is 1.81. The maximum Gasteiger partial charge on any atom is 0.222 e. The zero-order valence-corrected chi connectivity index (χ0v) is 12.0. The molecule has 114 valence electrons. The number of hydrogen-bond donors (Lipinski definition) is 2. The summed E-state index contributed by atoms with van der Waals surface area (Å²) in [5, 5.41) is 9.37. The number of benzene rings is 1. The van der Waals surface area contributed by atoms with Crippen molar-refractivity contribution in [1.82, 2.24) is 19.5 Å². The first-order valence-electron chi connectivity index (χ1n) is 7.01. The summed E-state index contributed by atoms with van der Waals surface area (Å²) in [4.78, 5) is 12.9. The summed E-state index contributed by atoms with van der Waals surface area (Å²) in [6, 6.07) is 10.6. The normalized spacial score (nSPS) is 11.1. The zero-order valence-electron chi connectivity index (χ0n) is 12.0. The van der Waals surface area contributed by atoms with Gasteiger partial charge in [-0.2, -0.15) is 4.98 Å². The van der Waals surface area contributed by atoms with Crippen LogP contribution >= 0.6 is 0 Å². The van der Waals surface area contributed by atoms with Crippen molar-refractivity contribution in [2.24, 2.45) is 0 Å². The second-order valence-corrected chi connectivity index (χ2v) is 5.12. The van der Waals surface area contributed by atoms with Crippen molar-refractivity contribution >= 4 is 17.1 Å². The fourth-order valence-electron chi connectivity index (χ4n) is 2.46. The SMILES string of the molecule is Nc1nc(-c2ccco2)c2ncn(Cc3ccc(O)cc3)c2n1. The number of nitrogens with zero attached hydrogens (tertiary/aromatic N) is 4. The molecule has 0 aliphatic rings. The van der Waals surface area contributed by atoms with Gasteiger partial charge in [-0.1, -0.05) is 12.1 Å². The Morgan fingerprint density at radius 2 is 1.96 bits per heavy atom. The Morgan fingerprint density at radius 3 is 2.70 bits per heavy atom. The van der Waals surface area contributed by atoms with Crippen molar-refractivity contribution in [3.05, 3.63) is 54.6 Å². The van der Waals surface area contributed by atoms with Crippen LogP contribution in [0.15, 0.2) is 53.4 Å². The maximum atomic E-state index is 9.37. The van der Waals surface area contributed by atoms with E-state index >= 15 is 0 Å². The average molecular weight is 307 g/mol. The van der Waals surface area contributed by atoms with Gasteiger partial charge in [0.25, 0.3) is 0 Å². The molecule has 0 bridgehead atoms. The molecule has 4 rings (SSSR count). The number of aromatic nitrogens is 4. The molecule has 0 amide bonds. The molecular formula is C16H13N5O2. The topological polar surface area (TPSA) is 103 Å². The molecule has 23 heavy (non-hydrogen) atoms. The number of imidazole rings is 1. The standard InChI is InChI=1S/C16H13N5O2/c17-16-19-13(12-2-1-7-23-12)14-15(20-16)21(9-18-14)8-10-3-5-11(22)6-4-10/h1-7,9,22H,8H2,(H2,17,19,20). The molecule has 0 aliphatic carbocycles. The van der Waals surface area contributed by atoms with Crippen molar-refractivity contribution in [1.29, 1.82) is 0 Å². The first kappa shape index (κ1) is 13.3. The molecule has 0 saturated heterocycles. The van der Waals surface area contributed by atoms with Gasteiger partial charge in [0.2, 0.25) is 5.95 Å². The summed E-state index contributed by atoms with van der Waals surface area (Å²) < 4.78 is 7.28. The molecule has 3 heterocycles. The van der Waals surface area contributed by atoms with E-state index in [2.05, 4.69) is 15.0 Å². The molecular weight excluding hydrogens is 294 g/mol. The lowest BCUT2D eigenvalue weighted by atomic mass is 10.2. The van der Waals surface area contributed by atoms with Crippen LogP contribution in [0.25, 0.3) is 22.6 Å². The van der Waals surface area contributed by atoms with E-state index in [1.165, 1.54) is 0 Å². The fraction of sp³-hybridized carbons (Fsp3) is 0.0625. The van der Waals surface area contributed by atoms with Crippen LogP contribution in [-0.4, -0.2) is 24.6 Å². The van der Waals surface area contributed by atoms with Gasteiger partial charge in [0.1, 0.15) is 17.0 Å². The first-order chi connectivity index (χ1) is 11.2. The molecule has 7 heteroatoms. The van der Waals surface area contributed by atoms with Gasteiger partial charge in [0.05, 0.1) is 19.1 Å². The van der Waals surface area contributed by atoms with Crippen molar-refractivity contribution in [3.63, 3.8) is 0 Å². The number of fused-ring (bicyclic) bond motifs is 1. The maximum absolute atomic E-state index is 9.37. The van der Waals surface area contributed by atoms with E-state index in [4.69, 9.17) is 10.2 Å². The number of phenols is 1. The Bertz CT molecular complexity index is 958.